The molecular formula is C17H29IN6O. The maximum absolute atomic E-state index is 11.6. The van der Waals surface area contributed by atoms with Gasteiger partial charge >= 0.3 is 0 Å². The van der Waals surface area contributed by atoms with E-state index < -0.39 is 0 Å². The minimum Gasteiger partial charge on any atom is -0.356 e. The third kappa shape index (κ3) is 6.68. The van der Waals surface area contributed by atoms with Crippen molar-refractivity contribution in [3.8, 4) is 0 Å². The smallest absolute Gasteiger partial charge is 0.241 e. The predicted octanol–water partition coefficient (Wildman–Crippen LogP) is 1.23. The van der Waals surface area contributed by atoms with Crippen molar-refractivity contribution in [2.45, 2.75) is 25.8 Å². The Morgan fingerprint density at radius 1 is 1.36 bits per heavy atom. The molecule has 25 heavy (non-hydrogen) atoms. The summed E-state index contributed by atoms with van der Waals surface area (Å²) in [4.78, 5) is 24.3. The number of piperidine rings is 1. The zero-order chi connectivity index (χ0) is 17.5. The van der Waals surface area contributed by atoms with Gasteiger partial charge in [-0.15, -0.1) is 24.0 Å². The fraction of sp³-hybridized carbons (Fsp3) is 0.588. The van der Waals surface area contributed by atoms with Gasteiger partial charge in [0.25, 0.3) is 0 Å². The van der Waals surface area contributed by atoms with Crippen LogP contribution in [-0.2, 0) is 4.79 Å². The topological polar surface area (TPSA) is 72.9 Å². The van der Waals surface area contributed by atoms with Crippen LogP contribution in [-0.4, -0.2) is 68.6 Å². The summed E-state index contributed by atoms with van der Waals surface area (Å²) in [7, 11) is 5.21. The zero-order valence-corrected chi connectivity index (χ0v) is 17.8. The molecule has 1 aromatic heterocycles. The molecule has 2 rings (SSSR count). The number of hydrogen-bond acceptors (Lipinski definition) is 4. The molecule has 1 fully saturated rings. The molecule has 1 aliphatic heterocycles. The summed E-state index contributed by atoms with van der Waals surface area (Å²) in [5.74, 6) is 1.75. The van der Waals surface area contributed by atoms with Crippen LogP contribution in [0.3, 0.4) is 0 Å². The molecule has 0 radical (unpaired) electrons. The van der Waals surface area contributed by atoms with E-state index in [0.717, 1.165) is 37.4 Å². The standard InChI is InChI=1S/C17H28N6O.HI/c1-13-6-5-7-15(20-13)23-10-8-14(9-11-23)21-17(18-2)19-12-16(24)22(3)4;/h5-7,14H,8-12H2,1-4H3,(H2,18,19,21);1H. The Morgan fingerprint density at radius 2 is 2.04 bits per heavy atom. The van der Waals surface area contributed by atoms with E-state index in [1.54, 1.807) is 26.0 Å². The molecule has 0 saturated carbocycles. The molecular weight excluding hydrogens is 431 g/mol. The molecule has 2 N–H and O–H groups in total. The number of amides is 1. The van der Waals surface area contributed by atoms with Gasteiger partial charge < -0.3 is 20.4 Å². The van der Waals surface area contributed by atoms with Crippen LogP contribution in [0.2, 0.25) is 0 Å². The number of nitrogens with one attached hydrogen (secondary N) is 2. The number of nitrogens with zero attached hydrogens (tertiary/aromatic N) is 4. The van der Waals surface area contributed by atoms with Crippen LogP contribution in [0, 0.1) is 6.92 Å². The van der Waals surface area contributed by atoms with Gasteiger partial charge in [0.2, 0.25) is 5.91 Å². The van der Waals surface area contributed by atoms with Crippen molar-refractivity contribution in [3.05, 3.63) is 23.9 Å². The molecule has 2 heterocycles. The molecule has 0 spiro atoms. The SMILES string of the molecule is CN=C(NCC(=O)N(C)C)NC1CCN(c2cccc(C)n2)CC1.I. The van der Waals surface area contributed by atoms with Crippen LogP contribution in [0.5, 0.6) is 0 Å². The maximum atomic E-state index is 11.6. The Labute approximate surface area is 167 Å². The second-order valence-corrected chi connectivity index (χ2v) is 6.26. The van der Waals surface area contributed by atoms with Crippen LogP contribution in [0.4, 0.5) is 5.82 Å². The number of aromatic nitrogens is 1. The summed E-state index contributed by atoms with van der Waals surface area (Å²) in [6.45, 7) is 4.19. The van der Waals surface area contributed by atoms with E-state index in [4.69, 9.17) is 0 Å². The van der Waals surface area contributed by atoms with E-state index in [0.29, 0.717) is 12.0 Å². The number of aliphatic imine (C=N–C) groups is 1. The molecule has 0 bridgehead atoms. The molecule has 0 aliphatic carbocycles. The van der Waals surface area contributed by atoms with Crippen LogP contribution >= 0.6 is 24.0 Å². The molecule has 8 heteroatoms. The molecule has 140 valence electrons. The van der Waals surface area contributed by atoms with Crippen molar-refractivity contribution in [1.29, 1.82) is 0 Å². The fourth-order valence-electron chi connectivity index (χ4n) is 2.66. The zero-order valence-electron chi connectivity index (χ0n) is 15.5. The lowest BCUT2D eigenvalue weighted by atomic mass is 10.1. The number of likely N-dealkylation sites (N-methyl/N-ethyl adjacent to an activating group) is 1. The van der Waals surface area contributed by atoms with E-state index in [2.05, 4.69) is 37.6 Å². The third-order valence-corrected chi connectivity index (χ3v) is 4.16. The van der Waals surface area contributed by atoms with Crippen molar-refractivity contribution >= 4 is 41.7 Å². The van der Waals surface area contributed by atoms with Crippen LogP contribution in [0.15, 0.2) is 23.2 Å². The average molecular weight is 460 g/mol. The molecule has 0 unspecified atom stereocenters. The minimum absolute atomic E-state index is 0. The van der Waals surface area contributed by atoms with Gasteiger partial charge in [-0.3, -0.25) is 9.79 Å². The maximum Gasteiger partial charge on any atom is 0.241 e. The fourth-order valence-corrected chi connectivity index (χ4v) is 2.66. The first-order chi connectivity index (χ1) is 11.5. The van der Waals surface area contributed by atoms with E-state index in [1.165, 1.54) is 0 Å². The normalized spacial score (nSPS) is 15.4. The van der Waals surface area contributed by atoms with Gasteiger partial charge in [0, 0.05) is 46.0 Å². The lowest BCUT2D eigenvalue weighted by Crippen LogP contribution is -2.50. The first kappa shape index (κ1) is 21.5. The lowest BCUT2D eigenvalue weighted by Gasteiger charge is -2.34. The van der Waals surface area contributed by atoms with Gasteiger partial charge in [0.15, 0.2) is 5.96 Å². The van der Waals surface area contributed by atoms with Crippen molar-refractivity contribution in [2.75, 3.05) is 45.7 Å². The number of hydrogen-bond donors (Lipinski definition) is 2. The van der Waals surface area contributed by atoms with E-state index in [-0.39, 0.29) is 36.4 Å². The average Bonchev–Trinajstić information content (AvgIpc) is 2.58. The summed E-state index contributed by atoms with van der Waals surface area (Å²) in [6.07, 6.45) is 2.02. The van der Waals surface area contributed by atoms with Gasteiger partial charge in [-0.25, -0.2) is 4.98 Å². The Morgan fingerprint density at radius 3 is 2.60 bits per heavy atom. The molecule has 0 aromatic carbocycles. The number of halogens is 1. The highest BCUT2D eigenvalue weighted by molar-refractivity contribution is 14.0. The van der Waals surface area contributed by atoms with E-state index in [1.807, 2.05) is 13.0 Å². The molecule has 1 saturated heterocycles. The number of pyridine rings is 1. The highest BCUT2D eigenvalue weighted by Crippen LogP contribution is 2.18. The molecule has 7 nitrogen and oxygen atoms in total. The Kier molecular flexibility index (Phi) is 8.95. The summed E-state index contributed by atoms with van der Waals surface area (Å²) in [6, 6.07) is 6.48. The Balaban J connectivity index is 0.00000312. The third-order valence-electron chi connectivity index (χ3n) is 4.16. The number of carbonyl (C=O) groups excluding carboxylic acids is 1. The lowest BCUT2D eigenvalue weighted by molar-refractivity contribution is -0.127. The van der Waals surface area contributed by atoms with Gasteiger partial charge in [-0.1, -0.05) is 6.07 Å². The van der Waals surface area contributed by atoms with Gasteiger partial charge in [0.05, 0.1) is 6.54 Å². The van der Waals surface area contributed by atoms with Gasteiger partial charge in [0.1, 0.15) is 5.82 Å². The molecule has 1 amide bonds. The number of aryl methyl sites for hydroxylation is 1. The quantitative estimate of drug-likeness (QED) is 0.402. The highest BCUT2D eigenvalue weighted by atomic mass is 127. The summed E-state index contributed by atoms with van der Waals surface area (Å²) < 4.78 is 0. The second kappa shape index (κ2) is 10.4. The monoisotopic (exact) mass is 460 g/mol. The van der Waals surface area contributed by atoms with Crippen molar-refractivity contribution < 1.29 is 4.79 Å². The first-order valence-electron chi connectivity index (χ1n) is 8.35. The summed E-state index contributed by atoms with van der Waals surface area (Å²) in [5, 5.41) is 6.47. The summed E-state index contributed by atoms with van der Waals surface area (Å²) in [5.41, 5.74) is 1.04. The summed E-state index contributed by atoms with van der Waals surface area (Å²) >= 11 is 0. The predicted molar refractivity (Wildman–Crippen MR) is 113 cm³/mol. The molecule has 0 atom stereocenters. The van der Waals surface area contributed by atoms with Crippen molar-refractivity contribution in [1.82, 2.24) is 20.5 Å². The Bertz CT molecular complexity index is 584. The van der Waals surface area contributed by atoms with Crippen LogP contribution in [0.1, 0.15) is 18.5 Å². The molecule has 1 aliphatic rings. The highest BCUT2D eigenvalue weighted by Gasteiger charge is 2.21. The number of carbonyl (C=O) groups is 1. The minimum atomic E-state index is 0. The van der Waals surface area contributed by atoms with E-state index >= 15 is 0 Å². The second-order valence-electron chi connectivity index (χ2n) is 6.26. The van der Waals surface area contributed by atoms with Crippen molar-refractivity contribution in [3.63, 3.8) is 0 Å². The van der Waals surface area contributed by atoms with Crippen molar-refractivity contribution in [2.24, 2.45) is 4.99 Å². The van der Waals surface area contributed by atoms with E-state index in [9.17, 15) is 4.79 Å². The van der Waals surface area contributed by atoms with Gasteiger partial charge in [-0.2, -0.15) is 0 Å². The first-order valence-corrected chi connectivity index (χ1v) is 8.35. The largest absolute Gasteiger partial charge is 0.356 e. The number of rotatable bonds is 4. The van der Waals surface area contributed by atoms with Crippen LogP contribution in [0.25, 0.3) is 0 Å². The molecule has 1 aromatic rings. The van der Waals surface area contributed by atoms with Gasteiger partial charge in [-0.05, 0) is 31.9 Å². The number of anilines is 1. The number of guanidine groups is 1. The Hall–Kier alpha value is -1.58. The van der Waals surface area contributed by atoms with Crippen LogP contribution < -0.4 is 15.5 Å².